The second-order valence-electron chi connectivity index (χ2n) is 4.57. The van der Waals surface area contributed by atoms with Gasteiger partial charge in [-0.15, -0.1) is 0 Å². The van der Waals surface area contributed by atoms with Crippen LogP contribution < -0.4 is 10.6 Å². The number of hydrogen-bond acceptors (Lipinski definition) is 3. The number of carbonyl (C=O) groups excluding carboxylic acids is 1. The van der Waals surface area contributed by atoms with Crippen molar-refractivity contribution >= 4 is 35.0 Å². The summed E-state index contributed by atoms with van der Waals surface area (Å²) in [7, 11) is 0. The third-order valence-electron chi connectivity index (χ3n) is 2.84. The smallest absolute Gasteiger partial charge is 0.238 e. The number of rotatable bonds is 7. The van der Waals surface area contributed by atoms with Gasteiger partial charge in [0.25, 0.3) is 0 Å². The zero-order valence-electron chi connectivity index (χ0n) is 11.6. The molecule has 1 aromatic carbocycles. The first-order chi connectivity index (χ1) is 9.02. The average Bonchev–Trinajstić information content (AvgIpc) is 2.38. The molecule has 5 heteroatoms. The summed E-state index contributed by atoms with van der Waals surface area (Å²) >= 11 is 7.73. The van der Waals surface area contributed by atoms with Gasteiger partial charge in [0.15, 0.2) is 0 Å². The molecule has 0 aliphatic rings. The molecule has 0 saturated heterocycles. The van der Waals surface area contributed by atoms with Crippen molar-refractivity contribution in [1.29, 1.82) is 0 Å². The lowest BCUT2D eigenvalue weighted by Crippen LogP contribution is -2.34. The van der Waals surface area contributed by atoms with E-state index in [-0.39, 0.29) is 5.91 Å². The maximum Gasteiger partial charge on any atom is 0.238 e. The average molecular weight is 301 g/mol. The van der Waals surface area contributed by atoms with Crippen molar-refractivity contribution in [3.8, 4) is 0 Å². The van der Waals surface area contributed by atoms with Crippen molar-refractivity contribution in [3.05, 3.63) is 28.8 Å². The van der Waals surface area contributed by atoms with E-state index in [0.29, 0.717) is 17.6 Å². The van der Waals surface area contributed by atoms with Crippen LogP contribution in [0.15, 0.2) is 18.2 Å². The van der Waals surface area contributed by atoms with E-state index >= 15 is 0 Å². The molecule has 1 rings (SSSR count). The summed E-state index contributed by atoms with van der Waals surface area (Å²) in [6.45, 7) is 4.36. The Morgan fingerprint density at radius 2 is 2.21 bits per heavy atom. The molecule has 2 N–H and O–H groups in total. The van der Waals surface area contributed by atoms with Crippen LogP contribution in [0.3, 0.4) is 0 Å². The summed E-state index contributed by atoms with van der Waals surface area (Å²) < 4.78 is 0. The SMILES string of the molecule is CSCCC(C)NCC(=O)Nc1cc(Cl)ccc1C. The number of amides is 1. The first kappa shape index (κ1) is 16.3. The fraction of sp³-hybridized carbons (Fsp3) is 0.500. The van der Waals surface area contributed by atoms with Crippen LogP contribution in [0.4, 0.5) is 5.69 Å². The predicted octanol–water partition coefficient (Wildman–Crippen LogP) is 3.32. The number of halogens is 1. The summed E-state index contributed by atoms with van der Waals surface area (Å²) in [6, 6.07) is 5.83. The summed E-state index contributed by atoms with van der Waals surface area (Å²) in [4.78, 5) is 11.8. The molecule has 0 aliphatic heterocycles. The molecule has 0 heterocycles. The highest BCUT2D eigenvalue weighted by Crippen LogP contribution is 2.19. The van der Waals surface area contributed by atoms with Crippen LogP contribution >= 0.6 is 23.4 Å². The molecule has 0 bridgehead atoms. The van der Waals surface area contributed by atoms with Gasteiger partial charge in [-0.2, -0.15) is 11.8 Å². The van der Waals surface area contributed by atoms with E-state index in [1.807, 2.05) is 30.8 Å². The van der Waals surface area contributed by atoms with E-state index in [2.05, 4.69) is 23.8 Å². The second kappa shape index (κ2) is 8.46. The summed E-state index contributed by atoms with van der Waals surface area (Å²) in [5, 5.41) is 6.71. The monoisotopic (exact) mass is 300 g/mol. The Morgan fingerprint density at radius 3 is 2.89 bits per heavy atom. The van der Waals surface area contributed by atoms with Crippen molar-refractivity contribution in [2.24, 2.45) is 0 Å². The highest BCUT2D eigenvalue weighted by Gasteiger charge is 2.07. The maximum atomic E-state index is 11.8. The van der Waals surface area contributed by atoms with E-state index in [1.165, 1.54) is 0 Å². The van der Waals surface area contributed by atoms with E-state index in [1.54, 1.807) is 6.07 Å². The van der Waals surface area contributed by atoms with Gasteiger partial charge in [-0.3, -0.25) is 4.79 Å². The maximum absolute atomic E-state index is 11.8. The fourth-order valence-electron chi connectivity index (χ4n) is 1.59. The summed E-state index contributed by atoms with van der Waals surface area (Å²) in [5.41, 5.74) is 1.78. The van der Waals surface area contributed by atoms with Gasteiger partial charge in [0.05, 0.1) is 6.54 Å². The third kappa shape index (κ3) is 6.32. The fourth-order valence-corrected chi connectivity index (χ4v) is 2.35. The van der Waals surface area contributed by atoms with E-state index in [4.69, 9.17) is 11.6 Å². The van der Waals surface area contributed by atoms with Gasteiger partial charge in [0, 0.05) is 16.8 Å². The number of benzene rings is 1. The molecule has 0 saturated carbocycles. The molecule has 1 atom stereocenters. The van der Waals surface area contributed by atoms with Crippen molar-refractivity contribution in [1.82, 2.24) is 5.32 Å². The standard InChI is InChI=1S/C14H21ClN2OS/c1-10-4-5-12(15)8-13(10)17-14(18)9-16-11(2)6-7-19-3/h4-5,8,11,16H,6-7,9H2,1-3H3,(H,17,18). The molecule has 3 nitrogen and oxygen atoms in total. The third-order valence-corrected chi connectivity index (χ3v) is 3.72. The van der Waals surface area contributed by atoms with Gasteiger partial charge in [0.1, 0.15) is 0 Å². The van der Waals surface area contributed by atoms with Crippen LogP contribution in [0.2, 0.25) is 5.02 Å². The Bertz CT molecular complexity index is 426. The second-order valence-corrected chi connectivity index (χ2v) is 5.99. The quantitative estimate of drug-likeness (QED) is 0.811. The van der Waals surface area contributed by atoms with Crippen LogP contribution in [0.1, 0.15) is 18.9 Å². The molecular formula is C14H21ClN2OS. The first-order valence-corrected chi connectivity index (χ1v) is 8.08. The summed E-state index contributed by atoms with van der Waals surface area (Å²) in [5.74, 6) is 1.06. The highest BCUT2D eigenvalue weighted by molar-refractivity contribution is 7.98. The summed E-state index contributed by atoms with van der Waals surface area (Å²) in [6.07, 6.45) is 3.14. The molecule has 0 spiro atoms. The predicted molar refractivity (Wildman–Crippen MR) is 85.3 cm³/mol. The largest absolute Gasteiger partial charge is 0.325 e. The molecule has 1 unspecified atom stereocenters. The molecule has 0 aromatic heterocycles. The Labute approximate surface area is 124 Å². The van der Waals surface area contributed by atoms with Crippen molar-refractivity contribution in [2.45, 2.75) is 26.3 Å². The number of nitrogens with one attached hydrogen (secondary N) is 2. The Hall–Kier alpha value is -0.710. The van der Waals surface area contributed by atoms with Crippen LogP contribution in [0, 0.1) is 6.92 Å². The van der Waals surface area contributed by atoms with Crippen LogP contribution in [-0.2, 0) is 4.79 Å². The molecule has 0 fully saturated rings. The van der Waals surface area contributed by atoms with Gasteiger partial charge in [-0.1, -0.05) is 17.7 Å². The first-order valence-electron chi connectivity index (χ1n) is 6.31. The number of thioether (sulfide) groups is 1. The van der Waals surface area contributed by atoms with E-state index in [9.17, 15) is 4.79 Å². The Balaban J connectivity index is 2.40. The lowest BCUT2D eigenvalue weighted by atomic mass is 10.2. The van der Waals surface area contributed by atoms with Crippen molar-refractivity contribution in [3.63, 3.8) is 0 Å². The highest BCUT2D eigenvalue weighted by atomic mass is 35.5. The molecule has 0 radical (unpaired) electrons. The number of anilines is 1. The van der Waals surface area contributed by atoms with E-state index in [0.717, 1.165) is 23.4 Å². The van der Waals surface area contributed by atoms with Crippen molar-refractivity contribution in [2.75, 3.05) is 23.9 Å². The molecule has 1 aromatic rings. The van der Waals surface area contributed by atoms with Gasteiger partial charge in [-0.25, -0.2) is 0 Å². The van der Waals surface area contributed by atoms with Gasteiger partial charge >= 0.3 is 0 Å². The Morgan fingerprint density at radius 1 is 1.47 bits per heavy atom. The normalized spacial score (nSPS) is 12.2. The topological polar surface area (TPSA) is 41.1 Å². The zero-order chi connectivity index (χ0) is 14.3. The zero-order valence-corrected chi connectivity index (χ0v) is 13.2. The molecular weight excluding hydrogens is 280 g/mol. The lowest BCUT2D eigenvalue weighted by Gasteiger charge is -2.14. The van der Waals surface area contributed by atoms with Gasteiger partial charge < -0.3 is 10.6 Å². The number of carbonyl (C=O) groups is 1. The minimum Gasteiger partial charge on any atom is -0.325 e. The number of hydrogen-bond donors (Lipinski definition) is 2. The van der Waals surface area contributed by atoms with Crippen LogP contribution in [0.5, 0.6) is 0 Å². The van der Waals surface area contributed by atoms with E-state index < -0.39 is 0 Å². The Kier molecular flexibility index (Phi) is 7.28. The minimum absolute atomic E-state index is 0.0404. The van der Waals surface area contributed by atoms with Gasteiger partial charge in [0.2, 0.25) is 5.91 Å². The van der Waals surface area contributed by atoms with Gasteiger partial charge in [-0.05, 0) is 50.0 Å². The number of aryl methyl sites for hydroxylation is 1. The molecule has 0 aliphatic carbocycles. The molecule has 19 heavy (non-hydrogen) atoms. The molecule has 106 valence electrons. The lowest BCUT2D eigenvalue weighted by molar-refractivity contribution is -0.115. The van der Waals surface area contributed by atoms with Crippen LogP contribution in [-0.4, -0.2) is 30.5 Å². The van der Waals surface area contributed by atoms with Crippen molar-refractivity contribution < 1.29 is 4.79 Å². The van der Waals surface area contributed by atoms with Crippen LogP contribution in [0.25, 0.3) is 0 Å². The minimum atomic E-state index is -0.0404. The molecule has 1 amide bonds.